The molecule has 31 heavy (non-hydrogen) atoms. The minimum Gasteiger partial charge on any atom is -0.545 e. The average molecular weight is 447 g/mol. The third kappa shape index (κ3) is 5.17. The molecule has 0 atom stereocenters. The van der Waals surface area contributed by atoms with E-state index in [2.05, 4.69) is 21.6 Å². The maximum Gasteiger partial charge on any atom is 0.271 e. The number of fused-ring (bicyclic) bond motifs is 1. The van der Waals surface area contributed by atoms with Crippen molar-refractivity contribution in [3.8, 4) is 0 Å². The number of nitrogens with one attached hydrogen (secondary N) is 1. The van der Waals surface area contributed by atoms with E-state index in [0.29, 0.717) is 11.1 Å². The molecule has 0 fully saturated rings. The highest BCUT2D eigenvalue weighted by Gasteiger charge is 2.07. The van der Waals surface area contributed by atoms with Crippen LogP contribution in [-0.2, 0) is 5.75 Å². The summed E-state index contributed by atoms with van der Waals surface area (Å²) in [6, 6.07) is 21.6. The maximum absolute atomic E-state index is 12.3. The van der Waals surface area contributed by atoms with Gasteiger partial charge in [0, 0.05) is 22.4 Å². The summed E-state index contributed by atoms with van der Waals surface area (Å²) in [4.78, 5) is 28.0. The summed E-state index contributed by atoms with van der Waals surface area (Å²) in [6.07, 6.45) is 1.28. The summed E-state index contributed by atoms with van der Waals surface area (Å²) in [5.74, 6) is -0.930. The minimum absolute atomic E-state index is 0.00970. The van der Waals surface area contributed by atoms with Crippen LogP contribution < -0.4 is 10.5 Å². The molecule has 0 aliphatic rings. The number of carboxylic acids is 1. The summed E-state index contributed by atoms with van der Waals surface area (Å²) < 4.78 is 2.18. The van der Waals surface area contributed by atoms with E-state index in [1.807, 2.05) is 30.3 Å². The maximum atomic E-state index is 12.3. The highest BCUT2D eigenvalue weighted by Crippen LogP contribution is 2.31. The minimum atomic E-state index is -1.30. The number of amides is 1. The lowest BCUT2D eigenvalue weighted by Crippen LogP contribution is -2.24. The Morgan fingerprint density at radius 2 is 1.77 bits per heavy atom. The Kier molecular flexibility index (Phi) is 6.40. The first kappa shape index (κ1) is 20.8. The van der Waals surface area contributed by atoms with Crippen molar-refractivity contribution in [1.82, 2.24) is 10.4 Å². The van der Waals surface area contributed by atoms with Crippen molar-refractivity contribution in [2.24, 2.45) is 5.10 Å². The Labute approximate surface area is 186 Å². The molecule has 0 aliphatic carbocycles. The first-order chi connectivity index (χ1) is 15.1. The van der Waals surface area contributed by atoms with Gasteiger partial charge in [0.15, 0.2) is 4.34 Å². The molecule has 0 bridgehead atoms. The lowest BCUT2D eigenvalue weighted by atomic mass is 10.1. The standard InChI is InChI=1S/C23H17N3O3S2/c27-21(26-24-13-17-5-1-2-6-18(17)22(28)29)16-11-9-15(10-12-16)14-30-23-25-19-7-3-4-8-20(19)31-23/h1-13H,14H2,(H,26,27)(H,28,29)/p-1/b24-13-. The van der Waals surface area contributed by atoms with Gasteiger partial charge in [-0.1, -0.05) is 60.3 Å². The van der Waals surface area contributed by atoms with Gasteiger partial charge in [0.2, 0.25) is 0 Å². The van der Waals surface area contributed by atoms with E-state index >= 15 is 0 Å². The number of para-hydroxylation sites is 1. The predicted molar refractivity (Wildman–Crippen MR) is 121 cm³/mol. The lowest BCUT2D eigenvalue weighted by Gasteiger charge is -2.06. The zero-order chi connectivity index (χ0) is 21.6. The number of nitrogens with zero attached hydrogens (tertiary/aromatic N) is 2. The summed E-state index contributed by atoms with van der Waals surface area (Å²) in [7, 11) is 0. The molecule has 0 saturated heterocycles. The number of hydrogen-bond acceptors (Lipinski definition) is 7. The molecule has 3 aromatic carbocycles. The van der Waals surface area contributed by atoms with E-state index in [-0.39, 0.29) is 11.5 Å². The fourth-order valence-electron chi connectivity index (χ4n) is 2.83. The third-order valence-electron chi connectivity index (χ3n) is 4.40. The molecule has 0 spiro atoms. The van der Waals surface area contributed by atoms with Gasteiger partial charge >= 0.3 is 0 Å². The second-order valence-corrected chi connectivity index (χ2v) is 8.76. The number of aromatic carboxylic acids is 1. The molecule has 1 amide bonds. The number of benzene rings is 3. The van der Waals surface area contributed by atoms with Crippen LogP contribution in [0.3, 0.4) is 0 Å². The second kappa shape index (κ2) is 9.55. The summed E-state index contributed by atoms with van der Waals surface area (Å²) >= 11 is 3.32. The Morgan fingerprint density at radius 3 is 2.55 bits per heavy atom. The zero-order valence-electron chi connectivity index (χ0n) is 16.1. The van der Waals surface area contributed by atoms with Gasteiger partial charge in [-0.25, -0.2) is 10.4 Å². The molecular formula is C23H16N3O3S2-. The Balaban J connectivity index is 1.34. The number of aromatic nitrogens is 1. The van der Waals surface area contributed by atoms with Crippen LogP contribution in [0, 0.1) is 0 Å². The summed E-state index contributed by atoms with van der Waals surface area (Å²) in [5.41, 5.74) is 5.31. The Hall–Kier alpha value is -3.49. The molecule has 0 aliphatic heterocycles. The van der Waals surface area contributed by atoms with E-state index in [0.717, 1.165) is 21.2 Å². The van der Waals surface area contributed by atoms with Crippen LogP contribution in [-0.4, -0.2) is 23.1 Å². The highest BCUT2D eigenvalue weighted by atomic mass is 32.2. The van der Waals surface area contributed by atoms with Crippen molar-refractivity contribution in [3.63, 3.8) is 0 Å². The number of carboxylic acid groups (broad SMARTS) is 1. The number of hydrazone groups is 1. The SMILES string of the molecule is O=C(N/N=C\c1ccccc1C(=O)[O-])c1ccc(CSc2nc3ccccc3s2)cc1. The number of rotatable bonds is 7. The number of thioether (sulfide) groups is 1. The van der Waals surface area contributed by atoms with Crippen LogP contribution in [0.15, 0.2) is 82.2 Å². The molecule has 1 heterocycles. The monoisotopic (exact) mass is 446 g/mol. The molecule has 0 unspecified atom stereocenters. The largest absolute Gasteiger partial charge is 0.545 e. The van der Waals surface area contributed by atoms with E-state index in [9.17, 15) is 14.7 Å². The van der Waals surface area contributed by atoms with Crippen molar-refractivity contribution in [2.75, 3.05) is 0 Å². The van der Waals surface area contributed by atoms with Gasteiger partial charge in [-0.3, -0.25) is 4.79 Å². The number of carbonyl (C=O) groups excluding carboxylic acids is 2. The van der Waals surface area contributed by atoms with Crippen LogP contribution in [0.4, 0.5) is 0 Å². The van der Waals surface area contributed by atoms with Crippen molar-refractivity contribution in [3.05, 3.63) is 95.1 Å². The molecule has 0 saturated carbocycles. The molecule has 6 nitrogen and oxygen atoms in total. The van der Waals surface area contributed by atoms with Crippen LogP contribution in [0.5, 0.6) is 0 Å². The second-order valence-electron chi connectivity index (χ2n) is 6.51. The number of thiazole rings is 1. The molecule has 4 rings (SSSR count). The van der Waals surface area contributed by atoms with Gasteiger partial charge in [0.05, 0.1) is 22.4 Å². The molecule has 154 valence electrons. The molecule has 4 aromatic rings. The first-order valence-electron chi connectivity index (χ1n) is 9.31. The van der Waals surface area contributed by atoms with Crippen LogP contribution in [0.1, 0.15) is 31.8 Å². The van der Waals surface area contributed by atoms with E-state index in [4.69, 9.17) is 0 Å². The summed E-state index contributed by atoms with van der Waals surface area (Å²) in [5, 5.41) is 14.9. The van der Waals surface area contributed by atoms with Crippen molar-refractivity contribution in [2.45, 2.75) is 10.1 Å². The molecule has 8 heteroatoms. The van der Waals surface area contributed by atoms with Crippen LogP contribution in [0.25, 0.3) is 10.2 Å². The van der Waals surface area contributed by atoms with Crippen molar-refractivity contribution >= 4 is 51.4 Å². The predicted octanol–water partition coefficient (Wildman–Crippen LogP) is 3.72. The average Bonchev–Trinajstić information content (AvgIpc) is 3.21. The third-order valence-corrected chi connectivity index (χ3v) is 6.65. The molecule has 1 N–H and O–H groups in total. The molecular weight excluding hydrogens is 430 g/mol. The fraction of sp³-hybridized carbons (Fsp3) is 0.0435. The first-order valence-corrected chi connectivity index (χ1v) is 11.1. The van der Waals surface area contributed by atoms with E-state index in [1.165, 1.54) is 17.0 Å². The van der Waals surface area contributed by atoms with Gasteiger partial charge in [-0.15, -0.1) is 11.3 Å². The number of hydrogen-bond donors (Lipinski definition) is 1. The Morgan fingerprint density at radius 1 is 1.03 bits per heavy atom. The highest BCUT2D eigenvalue weighted by molar-refractivity contribution is 8.00. The van der Waals surface area contributed by atoms with Gasteiger partial charge in [-0.2, -0.15) is 5.10 Å². The normalized spacial score (nSPS) is 11.1. The van der Waals surface area contributed by atoms with Gasteiger partial charge in [0.1, 0.15) is 0 Å². The molecule has 0 radical (unpaired) electrons. The van der Waals surface area contributed by atoms with Gasteiger partial charge in [0.25, 0.3) is 5.91 Å². The lowest BCUT2D eigenvalue weighted by molar-refractivity contribution is -0.255. The van der Waals surface area contributed by atoms with Crippen LogP contribution in [0.2, 0.25) is 0 Å². The van der Waals surface area contributed by atoms with Crippen molar-refractivity contribution in [1.29, 1.82) is 0 Å². The smallest absolute Gasteiger partial charge is 0.271 e. The quantitative estimate of drug-likeness (QED) is 0.265. The van der Waals surface area contributed by atoms with Gasteiger partial charge in [-0.05, 0) is 29.8 Å². The molecule has 1 aromatic heterocycles. The Bertz CT molecular complexity index is 1230. The zero-order valence-corrected chi connectivity index (χ0v) is 17.8. The fourth-order valence-corrected chi connectivity index (χ4v) is 4.85. The number of carbonyl (C=O) groups is 2. The topological polar surface area (TPSA) is 94.5 Å². The summed E-state index contributed by atoms with van der Waals surface area (Å²) in [6.45, 7) is 0. The van der Waals surface area contributed by atoms with E-state index in [1.54, 1.807) is 53.4 Å². The van der Waals surface area contributed by atoms with E-state index < -0.39 is 5.97 Å². The van der Waals surface area contributed by atoms with Crippen molar-refractivity contribution < 1.29 is 14.7 Å². The van der Waals surface area contributed by atoms with Gasteiger partial charge < -0.3 is 9.90 Å². The van der Waals surface area contributed by atoms with Crippen LogP contribution >= 0.6 is 23.1 Å².